The molecule has 0 aliphatic carbocycles. The Morgan fingerprint density at radius 3 is 2.61 bits per heavy atom. The molecule has 11 heteroatoms. The van der Waals surface area contributed by atoms with Crippen molar-refractivity contribution >= 4 is 12.1 Å². The third-order valence-electron chi connectivity index (χ3n) is 7.25. The number of piperidine rings is 2. The summed E-state index contributed by atoms with van der Waals surface area (Å²) in [6.45, 7) is 9.12. The van der Waals surface area contributed by atoms with E-state index >= 15 is 0 Å². The van der Waals surface area contributed by atoms with Gasteiger partial charge in [-0.2, -0.15) is 5.06 Å². The molecule has 3 aliphatic rings. The Labute approximate surface area is 223 Å². The van der Waals surface area contributed by atoms with E-state index in [9.17, 15) is 9.59 Å². The van der Waals surface area contributed by atoms with E-state index in [0.29, 0.717) is 31.4 Å². The number of carbonyl (C=O) groups is 2. The largest absolute Gasteiger partial charge is 0.444 e. The third-order valence-corrected chi connectivity index (χ3v) is 7.25. The fourth-order valence-electron chi connectivity index (χ4n) is 5.30. The first-order valence-corrected chi connectivity index (χ1v) is 13.6. The van der Waals surface area contributed by atoms with Crippen LogP contribution in [0.2, 0.25) is 0 Å². The Morgan fingerprint density at radius 1 is 1.11 bits per heavy atom. The van der Waals surface area contributed by atoms with Gasteiger partial charge in [-0.05, 0) is 52.0 Å². The van der Waals surface area contributed by atoms with Crippen LogP contribution in [-0.4, -0.2) is 81.0 Å². The number of aromatic nitrogens is 2. The van der Waals surface area contributed by atoms with E-state index in [2.05, 4.69) is 20.4 Å². The van der Waals surface area contributed by atoms with Crippen molar-refractivity contribution < 1.29 is 23.6 Å². The molecule has 2 bridgehead atoms. The summed E-state index contributed by atoms with van der Waals surface area (Å²) in [6.07, 6.45) is 3.63. The zero-order valence-electron chi connectivity index (χ0n) is 22.5. The number of nitrogens with zero attached hydrogens (tertiary/aromatic N) is 5. The summed E-state index contributed by atoms with van der Waals surface area (Å²) < 4.78 is 11.4. The molecule has 5 rings (SSSR count). The summed E-state index contributed by atoms with van der Waals surface area (Å²) in [5, 5.41) is 13.1. The van der Waals surface area contributed by atoms with Crippen LogP contribution in [0.25, 0.3) is 0 Å². The number of nitrogens with one attached hydrogen (secondary N) is 1. The molecule has 206 valence electrons. The van der Waals surface area contributed by atoms with Gasteiger partial charge in [0.15, 0.2) is 0 Å². The number of ether oxygens (including phenoxy) is 1. The molecule has 3 saturated heterocycles. The Bertz CT molecular complexity index is 1090. The first-order chi connectivity index (χ1) is 18.2. The van der Waals surface area contributed by atoms with Gasteiger partial charge in [0.05, 0.1) is 6.04 Å². The van der Waals surface area contributed by atoms with Crippen molar-refractivity contribution in [3.05, 3.63) is 47.7 Å². The van der Waals surface area contributed by atoms with E-state index in [4.69, 9.17) is 14.0 Å². The van der Waals surface area contributed by atoms with E-state index < -0.39 is 5.60 Å². The first-order valence-electron chi connectivity index (χ1n) is 13.6. The lowest BCUT2D eigenvalue weighted by Gasteiger charge is -2.32. The number of alkyl carbamates (subject to hydrolysis) is 1. The minimum absolute atomic E-state index is 0.0394. The van der Waals surface area contributed by atoms with Crippen molar-refractivity contribution in [2.24, 2.45) is 0 Å². The SMILES string of the molecule is CC(C)(C)OC(=O)NC1CCN(CCc2nnc(C3CCC4CN3C(=O)N4OCc3ccccc3)o2)CC1. The molecule has 38 heavy (non-hydrogen) atoms. The van der Waals surface area contributed by atoms with Gasteiger partial charge >= 0.3 is 12.1 Å². The van der Waals surface area contributed by atoms with Gasteiger partial charge in [-0.1, -0.05) is 30.3 Å². The molecule has 2 unspecified atom stereocenters. The highest BCUT2D eigenvalue weighted by Crippen LogP contribution is 2.38. The number of benzene rings is 1. The van der Waals surface area contributed by atoms with E-state index in [1.54, 1.807) is 4.90 Å². The number of hydrogen-bond acceptors (Lipinski definition) is 8. The van der Waals surface area contributed by atoms with Crippen molar-refractivity contribution in [2.75, 3.05) is 26.2 Å². The molecule has 3 aliphatic heterocycles. The molecule has 0 saturated carbocycles. The Balaban J connectivity index is 1.07. The van der Waals surface area contributed by atoms with Gasteiger partial charge in [0.1, 0.15) is 18.2 Å². The van der Waals surface area contributed by atoms with Crippen LogP contribution < -0.4 is 5.32 Å². The standard InChI is InChI=1S/C27H38N6O5/c1-27(2,3)38-25(34)28-20-11-14-31(15-12-20)16-13-23-29-30-24(37-23)22-10-9-21-17-32(22)26(35)33(21)36-18-19-7-5-4-6-8-19/h4-8,20-22H,9-18H2,1-3H3,(H,28,34). The van der Waals surface area contributed by atoms with Crippen LogP contribution in [-0.2, 0) is 22.6 Å². The van der Waals surface area contributed by atoms with E-state index in [-0.39, 0.29) is 30.2 Å². The lowest BCUT2D eigenvalue weighted by Crippen LogP contribution is -2.46. The van der Waals surface area contributed by atoms with Gasteiger partial charge in [0, 0.05) is 38.6 Å². The number of amides is 3. The number of urea groups is 1. The first kappa shape index (κ1) is 26.4. The Morgan fingerprint density at radius 2 is 1.87 bits per heavy atom. The molecule has 1 aromatic carbocycles. The van der Waals surface area contributed by atoms with Gasteiger partial charge in [-0.15, -0.1) is 10.2 Å². The van der Waals surface area contributed by atoms with Crippen molar-refractivity contribution in [1.29, 1.82) is 0 Å². The Kier molecular flexibility index (Phi) is 7.85. The van der Waals surface area contributed by atoms with Gasteiger partial charge in [-0.3, -0.25) is 4.84 Å². The van der Waals surface area contributed by atoms with Crippen molar-refractivity contribution in [3.63, 3.8) is 0 Å². The lowest BCUT2D eigenvalue weighted by molar-refractivity contribution is -0.140. The molecule has 1 aromatic heterocycles. The van der Waals surface area contributed by atoms with Crippen LogP contribution in [0, 0.1) is 0 Å². The number of hydroxylamine groups is 2. The van der Waals surface area contributed by atoms with Crippen LogP contribution in [0.4, 0.5) is 9.59 Å². The summed E-state index contributed by atoms with van der Waals surface area (Å²) in [7, 11) is 0. The number of rotatable bonds is 8. The fraction of sp³-hybridized carbons (Fsp3) is 0.630. The van der Waals surface area contributed by atoms with Crippen LogP contribution in [0.3, 0.4) is 0 Å². The molecule has 0 spiro atoms. The number of carbonyl (C=O) groups excluding carboxylic acids is 2. The summed E-state index contributed by atoms with van der Waals surface area (Å²) in [4.78, 5) is 35.1. The van der Waals surface area contributed by atoms with Crippen molar-refractivity contribution in [1.82, 2.24) is 30.4 Å². The van der Waals surface area contributed by atoms with Crippen molar-refractivity contribution in [2.45, 2.75) is 83.2 Å². The van der Waals surface area contributed by atoms with Gasteiger partial charge in [0.25, 0.3) is 0 Å². The maximum Gasteiger partial charge on any atom is 0.407 e. The second kappa shape index (κ2) is 11.3. The predicted octanol–water partition coefficient (Wildman–Crippen LogP) is 3.67. The maximum atomic E-state index is 13.1. The van der Waals surface area contributed by atoms with Crippen LogP contribution >= 0.6 is 0 Å². The molecule has 1 N–H and O–H groups in total. The number of likely N-dealkylation sites (tertiary alicyclic amines) is 1. The van der Waals surface area contributed by atoms with Crippen LogP contribution in [0.1, 0.15) is 69.8 Å². The second-order valence-corrected chi connectivity index (χ2v) is 11.3. The normalized spacial score (nSPS) is 22.7. The Hall–Kier alpha value is -3.18. The summed E-state index contributed by atoms with van der Waals surface area (Å²) in [5.41, 5.74) is 0.531. The summed E-state index contributed by atoms with van der Waals surface area (Å²) in [5.74, 6) is 1.08. The molecule has 11 nitrogen and oxygen atoms in total. The third kappa shape index (κ3) is 6.44. The molecule has 3 fully saturated rings. The quantitative estimate of drug-likeness (QED) is 0.554. The highest BCUT2D eigenvalue weighted by molar-refractivity contribution is 5.77. The summed E-state index contributed by atoms with van der Waals surface area (Å²) in [6, 6.07) is 9.65. The molecule has 0 radical (unpaired) electrons. The van der Waals surface area contributed by atoms with Gasteiger partial charge in [-0.25, -0.2) is 9.59 Å². The monoisotopic (exact) mass is 526 g/mol. The van der Waals surface area contributed by atoms with Crippen LogP contribution in [0.5, 0.6) is 0 Å². The average molecular weight is 527 g/mol. The maximum absolute atomic E-state index is 13.1. The number of fused-ring (bicyclic) bond motifs is 2. The predicted molar refractivity (Wildman–Crippen MR) is 138 cm³/mol. The minimum atomic E-state index is -0.495. The lowest BCUT2D eigenvalue weighted by atomic mass is 10.0. The number of hydrogen-bond donors (Lipinski definition) is 1. The van der Waals surface area contributed by atoms with Gasteiger partial charge < -0.3 is 24.3 Å². The molecular formula is C27H38N6O5. The average Bonchev–Trinajstić information content (AvgIpc) is 3.45. The highest BCUT2D eigenvalue weighted by Gasteiger charge is 2.47. The fourth-order valence-corrected chi connectivity index (χ4v) is 5.30. The smallest absolute Gasteiger partial charge is 0.407 e. The zero-order chi connectivity index (χ0) is 26.7. The zero-order valence-corrected chi connectivity index (χ0v) is 22.5. The van der Waals surface area contributed by atoms with E-state index in [1.165, 1.54) is 5.06 Å². The van der Waals surface area contributed by atoms with E-state index in [1.807, 2.05) is 51.1 Å². The minimum Gasteiger partial charge on any atom is -0.444 e. The molecule has 4 heterocycles. The van der Waals surface area contributed by atoms with E-state index in [0.717, 1.165) is 50.9 Å². The molecule has 2 aromatic rings. The molecule has 2 atom stereocenters. The van der Waals surface area contributed by atoms with Crippen LogP contribution in [0.15, 0.2) is 34.7 Å². The highest BCUT2D eigenvalue weighted by atomic mass is 16.7. The topological polar surface area (TPSA) is 113 Å². The summed E-state index contributed by atoms with van der Waals surface area (Å²) >= 11 is 0. The molecular weight excluding hydrogens is 488 g/mol. The molecule has 3 amide bonds. The second-order valence-electron chi connectivity index (χ2n) is 11.3. The van der Waals surface area contributed by atoms with Crippen molar-refractivity contribution in [3.8, 4) is 0 Å². The van der Waals surface area contributed by atoms with Gasteiger partial charge in [0.2, 0.25) is 11.8 Å².